The number of hydrogen-bond acceptors (Lipinski definition) is 5. The Kier molecular flexibility index (Phi) is 8.15. The Labute approximate surface area is 223 Å². The molecule has 3 aromatic carbocycles. The van der Waals surface area contributed by atoms with Crippen LogP contribution in [0.3, 0.4) is 0 Å². The molecule has 7 nitrogen and oxygen atoms in total. The van der Waals surface area contributed by atoms with Gasteiger partial charge in [-0.1, -0.05) is 29.8 Å². The largest absolute Gasteiger partial charge is 0.462 e. The zero-order chi connectivity index (χ0) is 26.5. The molecule has 1 atom stereocenters. The van der Waals surface area contributed by atoms with Crippen molar-refractivity contribution in [2.75, 3.05) is 16.8 Å². The number of carbonyl (C=O) groups is 3. The summed E-state index contributed by atoms with van der Waals surface area (Å²) in [6, 6.07) is 17.9. The van der Waals surface area contributed by atoms with Gasteiger partial charge in [0.2, 0.25) is 5.91 Å². The molecule has 190 valence electrons. The molecule has 10 heteroatoms. The van der Waals surface area contributed by atoms with Gasteiger partial charge in [0.25, 0.3) is 5.91 Å². The average Bonchev–Trinajstić information content (AvgIpc) is 3.09. The zero-order valence-electron chi connectivity index (χ0n) is 19.8. The van der Waals surface area contributed by atoms with Crippen LogP contribution in [0.15, 0.2) is 72.8 Å². The normalized spacial score (nSPS) is 15.2. The Morgan fingerprint density at radius 3 is 2.43 bits per heavy atom. The first-order chi connectivity index (χ1) is 17.8. The average molecular weight is 540 g/mol. The standard InChI is InChI=1S/C27H23ClFN3O4S/c1-2-36-26(35)18-8-12-21(13-9-18)30-24(33)15-23-25(34)32(22-5-3-4-19(28)14-22)27(37)31(23)16-17-6-10-20(29)11-7-17/h3-14,23H,2,15-16H2,1H3,(H,30,33). The van der Waals surface area contributed by atoms with E-state index < -0.39 is 17.9 Å². The highest BCUT2D eigenvalue weighted by molar-refractivity contribution is 7.80. The third-order valence-corrected chi connectivity index (χ3v) is 6.36. The van der Waals surface area contributed by atoms with Crippen molar-refractivity contribution in [3.05, 3.63) is 94.8 Å². The Hall–Kier alpha value is -3.82. The molecular weight excluding hydrogens is 517 g/mol. The minimum atomic E-state index is -0.893. The van der Waals surface area contributed by atoms with Crippen LogP contribution < -0.4 is 10.2 Å². The van der Waals surface area contributed by atoms with Crippen molar-refractivity contribution in [2.45, 2.75) is 25.9 Å². The number of nitrogens with zero attached hydrogens (tertiary/aromatic N) is 2. The van der Waals surface area contributed by atoms with E-state index in [0.717, 1.165) is 5.56 Å². The first-order valence-electron chi connectivity index (χ1n) is 11.5. The summed E-state index contributed by atoms with van der Waals surface area (Å²) in [5.41, 5.74) is 2.04. The van der Waals surface area contributed by atoms with Crippen LogP contribution in [0.4, 0.5) is 15.8 Å². The number of amides is 2. The van der Waals surface area contributed by atoms with Crippen LogP contribution in [-0.4, -0.2) is 40.4 Å². The highest BCUT2D eigenvalue weighted by Crippen LogP contribution is 2.30. The molecule has 37 heavy (non-hydrogen) atoms. The molecule has 1 aliphatic heterocycles. The molecule has 4 rings (SSSR count). The summed E-state index contributed by atoms with van der Waals surface area (Å²) in [7, 11) is 0. The zero-order valence-corrected chi connectivity index (χ0v) is 21.4. The van der Waals surface area contributed by atoms with E-state index in [0.29, 0.717) is 22.0 Å². The predicted octanol–water partition coefficient (Wildman–Crippen LogP) is 5.19. The Morgan fingerprint density at radius 2 is 1.78 bits per heavy atom. The minimum absolute atomic E-state index is 0.184. The lowest BCUT2D eigenvalue weighted by atomic mass is 10.1. The summed E-state index contributed by atoms with van der Waals surface area (Å²) in [6.45, 7) is 2.18. The van der Waals surface area contributed by atoms with Crippen LogP contribution in [0.25, 0.3) is 0 Å². The molecule has 3 aromatic rings. The van der Waals surface area contributed by atoms with Gasteiger partial charge in [0, 0.05) is 17.3 Å². The van der Waals surface area contributed by atoms with E-state index in [1.807, 2.05) is 0 Å². The Bertz CT molecular complexity index is 1330. The molecular formula is C27H23ClFN3O4S. The molecule has 0 spiro atoms. The monoisotopic (exact) mass is 539 g/mol. The van der Waals surface area contributed by atoms with E-state index in [-0.39, 0.29) is 36.4 Å². The second-order valence-electron chi connectivity index (χ2n) is 8.26. The summed E-state index contributed by atoms with van der Waals surface area (Å²) in [6.07, 6.45) is -0.184. The highest BCUT2D eigenvalue weighted by atomic mass is 35.5. The van der Waals surface area contributed by atoms with Gasteiger partial charge in [-0.2, -0.15) is 0 Å². The topological polar surface area (TPSA) is 78.9 Å². The number of carbonyl (C=O) groups excluding carboxylic acids is 3. The molecule has 0 radical (unpaired) electrons. The fourth-order valence-electron chi connectivity index (χ4n) is 3.94. The molecule has 1 N–H and O–H groups in total. The molecule has 1 fully saturated rings. The second kappa shape index (κ2) is 11.5. The molecule has 0 aliphatic carbocycles. The van der Waals surface area contributed by atoms with Crippen LogP contribution in [0, 0.1) is 5.82 Å². The summed E-state index contributed by atoms with van der Waals surface area (Å²) < 4.78 is 18.4. The van der Waals surface area contributed by atoms with E-state index in [4.69, 9.17) is 28.6 Å². The number of esters is 1. The van der Waals surface area contributed by atoms with E-state index >= 15 is 0 Å². The van der Waals surface area contributed by atoms with Crippen molar-refractivity contribution in [1.82, 2.24) is 4.90 Å². The number of benzene rings is 3. The van der Waals surface area contributed by atoms with Crippen molar-refractivity contribution in [3.63, 3.8) is 0 Å². The van der Waals surface area contributed by atoms with Gasteiger partial charge in [-0.25, -0.2) is 9.18 Å². The van der Waals surface area contributed by atoms with E-state index in [2.05, 4.69) is 5.32 Å². The fraction of sp³-hybridized carbons (Fsp3) is 0.185. The van der Waals surface area contributed by atoms with Gasteiger partial charge >= 0.3 is 5.97 Å². The van der Waals surface area contributed by atoms with Gasteiger partial charge in [-0.3, -0.25) is 14.5 Å². The number of ether oxygens (including phenoxy) is 1. The van der Waals surface area contributed by atoms with Crippen molar-refractivity contribution in [2.24, 2.45) is 0 Å². The number of hydrogen-bond donors (Lipinski definition) is 1. The van der Waals surface area contributed by atoms with Crippen LogP contribution >= 0.6 is 23.8 Å². The molecule has 1 unspecified atom stereocenters. The summed E-state index contributed by atoms with van der Waals surface area (Å²) in [5.74, 6) is -1.62. The Balaban J connectivity index is 1.54. The summed E-state index contributed by atoms with van der Waals surface area (Å²) >= 11 is 11.8. The Morgan fingerprint density at radius 1 is 1.08 bits per heavy atom. The summed E-state index contributed by atoms with van der Waals surface area (Å²) in [5, 5.41) is 3.41. The van der Waals surface area contributed by atoms with Gasteiger partial charge in [0.1, 0.15) is 11.9 Å². The minimum Gasteiger partial charge on any atom is -0.462 e. The number of nitrogens with one attached hydrogen (secondary N) is 1. The van der Waals surface area contributed by atoms with Crippen molar-refractivity contribution in [3.8, 4) is 0 Å². The van der Waals surface area contributed by atoms with Crippen molar-refractivity contribution in [1.29, 1.82) is 0 Å². The van der Waals surface area contributed by atoms with Crippen LogP contribution in [-0.2, 0) is 20.9 Å². The fourth-order valence-corrected chi connectivity index (χ4v) is 4.52. The van der Waals surface area contributed by atoms with Gasteiger partial charge < -0.3 is 15.0 Å². The van der Waals surface area contributed by atoms with E-state index in [1.54, 1.807) is 72.5 Å². The predicted molar refractivity (Wildman–Crippen MR) is 143 cm³/mol. The maximum atomic E-state index is 13.5. The molecule has 1 aliphatic rings. The number of halogens is 2. The molecule has 2 amide bonds. The van der Waals surface area contributed by atoms with Crippen LogP contribution in [0.2, 0.25) is 5.02 Å². The van der Waals surface area contributed by atoms with Crippen molar-refractivity contribution >= 4 is 58.1 Å². The van der Waals surface area contributed by atoms with Crippen LogP contribution in [0.1, 0.15) is 29.3 Å². The third-order valence-electron chi connectivity index (χ3n) is 5.71. The smallest absolute Gasteiger partial charge is 0.338 e. The van der Waals surface area contributed by atoms with Gasteiger partial charge in [0.05, 0.1) is 24.3 Å². The number of anilines is 2. The maximum Gasteiger partial charge on any atom is 0.338 e. The number of thiocarbonyl (C=S) groups is 1. The molecule has 0 saturated carbocycles. The molecule has 1 heterocycles. The molecule has 0 bridgehead atoms. The molecule has 1 saturated heterocycles. The highest BCUT2D eigenvalue weighted by Gasteiger charge is 2.44. The van der Waals surface area contributed by atoms with E-state index in [9.17, 15) is 18.8 Å². The lowest BCUT2D eigenvalue weighted by Crippen LogP contribution is -2.37. The van der Waals surface area contributed by atoms with E-state index in [1.165, 1.54) is 17.0 Å². The van der Waals surface area contributed by atoms with Gasteiger partial charge in [0.15, 0.2) is 5.11 Å². The van der Waals surface area contributed by atoms with Crippen LogP contribution in [0.5, 0.6) is 0 Å². The first kappa shape index (κ1) is 26.2. The maximum absolute atomic E-state index is 13.5. The first-order valence-corrected chi connectivity index (χ1v) is 12.3. The summed E-state index contributed by atoms with van der Waals surface area (Å²) in [4.78, 5) is 41.3. The second-order valence-corrected chi connectivity index (χ2v) is 9.06. The lowest BCUT2D eigenvalue weighted by molar-refractivity contribution is -0.124. The molecule has 0 aromatic heterocycles. The van der Waals surface area contributed by atoms with Gasteiger partial charge in [-0.15, -0.1) is 0 Å². The number of rotatable bonds is 8. The van der Waals surface area contributed by atoms with Crippen molar-refractivity contribution < 1.29 is 23.5 Å². The third kappa shape index (κ3) is 6.12. The SMILES string of the molecule is CCOC(=O)c1ccc(NC(=O)CC2C(=O)N(c3cccc(Cl)c3)C(=S)N2Cc2ccc(F)cc2)cc1. The van der Waals surface area contributed by atoms with Gasteiger partial charge in [-0.05, 0) is 79.3 Å². The quantitative estimate of drug-likeness (QED) is 0.314. The lowest BCUT2D eigenvalue weighted by Gasteiger charge is -2.24.